The van der Waals surface area contributed by atoms with Crippen molar-refractivity contribution in [2.45, 2.75) is 24.1 Å². The maximum Gasteiger partial charge on any atom is 0.335 e. The minimum absolute atomic E-state index is 0.0906. The van der Waals surface area contributed by atoms with Crippen LogP contribution in [0.5, 0.6) is 0 Å². The number of aromatic carboxylic acids is 1. The predicted molar refractivity (Wildman–Crippen MR) is 70.8 cm³/mol. The third-order valence-electron chi connectivity index (χ3n) is 2.69. The van der Waals surface area contributed by atoms with Gasteiger partial charge in [0, 0.05) is 29.1 Å². The van der Waals surface area contributed by atoms with E-state index in [1.165, 1.54) is 30.0 Å². The first-order valence-electron chi connectivity index (χ1n) is 5.76. The lowest BCUT2D eigenvalue weighted by Crippen LogP contribution is -1.99. The van der Waals surface area contributed by atoms with Crippen molar-refractivity contribution in [1.29, 1.82) is 0 Å². The molecule has 4 nitrogen and oxygen atoms in total. The third kappa shape index (κ3) is 3.14. The topological polar surface area (TPSA) is 55.1 Å². The summed E-state index contributed by atoms with van der Waals surface area (Å²) in [6.07, 6.45) is 3.45. The van der Waals surface area contributed by atoms with Crippen LogP contribution in [0.4, 0.5) is 4.39 Å². The molecule has 0 atom stereocenters. The SMILES string of the molecule is CCn1cncc1CSc1cc(C(=O)O)ccc1F. The number of hydrogen-bond donors (Lipinski definition) is 1. The number of carbonyl (C=O) groups is 1. The quantitative estimate of drug-likeness (QED) is 0.855. The summed E-state index contributed by atoms with van der Waals surface area (Å²) in [5.41, 5.74) is 1.07. The van der Waals surface area contributed by atoms with Gasteiger partial charge in [-0.1, -0.05) is 0 Å². The summed E-state index contributed by atoms with van der Waals surface area (Å²) >= 11 is 1.27. The summed E-state index contributed by atoms with van der Waals surface area (Å²) in [5, 5.41) is 8.89. The molecule has 1 N–H and O–H groups in total. The van der Waals surface area contributed by atoms with E-state index in [2.05, 4.69) is 4.98 Å². The molecule has 0 saturated heterocycles. The number of aryl methyl sites for hydroxylation is 1. The molecular weight excluding hydrogens is 267 g/mol. The van der Waals surface area contributed by atoms with Crippen LogP contribution in [-0.4, -0.2) is 20.6 Å². The summed E-state index contributed by atoms with van der Waals surface area (Å²) in [7, 11) is 0. The summed E-state index contributed by atoms with van der Waals surface area (Å²) in [6.45, 7) is 2.80. The van der Waals surface area contributed by atoms with Crippen LogP contribution in [-0.2, 0) is 12.3 Å². The molecule has 0 aliphatic heterocycles. The van der Waals surface area contributed by atoms with Crippen molar-refractivity contribution in [2.75, 3.05) is 0 Å². The summed E-state index contributed by atoms with van der Waals surface area (Å²) < 4.78 is 15.6. The second-order valence-electron chi connectivity index (χ2n) is 3.91. The van der Waals surface area contributed by atoms with Gasteiger partial charge >= 0.3 is 5.97 Å². The Bertz CT molecular complexity index is 598. The Morgan fingerprint density at radius 1 is 1.53 bits per heavy atom. The maximum absolute atomic E-state index is 13.6. The second-order valence-corrected chi connectivity index (χ2v) is 4.93. The highest BCUT2D eigenvalue weighted by Crippen LogP contribution is 2.26. The average Bonchev–Trinajstić information content (AvgIpc) is 2.85. The fraction of sp³-hybridized carbons (Fsp3) is 0.231. The minimum Gasteiger partial charge on any atom is -0.478 e. The van der Waals surface area contributed by atoms with Gasteiger partial charge in [0.2, 0.25) is 0 Å². The molecule has 0 bridgehead atoms. The molecule has 100 valence electrons. The highest BCUT2D eigenvalue weighted by Gasteiger charge is 2.10. The van der Waals surface area contributed by atoms with Crippen LogP contribution in [0.25, 0.3) is 0 Å². The van der Waals surface area contributed by atoms with E-state index in [1.807, 2.05) is 11.5 Å². The lowest BCUT2D eigenvalue weighted by atomic mass is 10.2. The van der Waals surface area contributed by atoms with Crippen LogP contribution >= 0.6 is 11.8 Å². The molecule has 0 saturated carbocycles. The number of imidazole rings is 1. The minimum atomic E-state index is -1.06. The van der Waals surface area contributed by atoms with Crippen LogP contribution in [0.3, 0.4) is 0 Å². The number of aromatic nitrogens is 2. The van der Waals surface area contributed by atoms with Gasteiger partial charge in [0.25, 0.3) is 0 Å². The molecule has 0 radical (unpaired) electrons. The number of halogens is 1. The molecule has 1 aromatic heterocycles. The van der Waals surface area contributed by atoms with Gasteiger partial charge < -0.3 is 9.67 Å². The van der Waals surface area contributed by atoms with Crippen LogP contribution in [0.1, 0.15) is 23.0 Å². The van der Waals surface area contributed by atoms with E-state index in [1.54, 1.807) is 12.5 Å². The third-order valence-corrected chi connectivity index (χ3v) is 3.76. The molecule has 0 fully saturated rings. The standard InChI is InChI=1S/C13H13FN2O2S/c1-2-16-8-15-6-10(16)7-19-12-5-9(13(17)18)3-4-11(12)14/h3-6,8H,2,7H2,1H3,(H,17,18). The van der Waals surface area contributed by atoms with Crippen LogP contribution < -0.4 is 0 Å². The first-order valence-corrected chi connectivity index (χ1v) is 6.75. The van der Waals surface area contributed by atoms with Gasteiger partial charge in [0.15, 0.2) is 0 Å². The van der Waals surface area contributed by atoms with Gasteiger partial charge in [0.05, 0.1) is 11.9 Å². The first kappa shape index (κ1) is 13.6. The Kier molecular flexibility index (Phi) is 4.21. The molecule has 1 heterocycles. The average molecular weight is 280 g/mol. The summed E-state index contributed by atoms with van der Waals surface area (Å²) in [6, 6.07) is 3.80. The number of benzene rings is 1. The summed E-state index contributed by atoms with van der Waals surface area (Å²) in [4.78, 5) is 15.2. The lowest BCUT2D eigenvalue weighted by Gasteiger charge is -2.06. The monoisotopic (exact) mass is 280 g/mol. The van der Waals surface area contributed by atoms with Crippen LogP contribution in [0, 0.1) is 5.82 Å². The van der Waals surface area contributed by atoms with Gasteiger partial charge in [-0.3, -0.25) is 0 Å². The highest BCUT2D eigenvalue weighted by molar-refractivity contribution is 7.98. The van der Waals surface area contributed by atoms with Gasteiger partial charge in [-0.2, -0.15) is 0 Å². The zero-order valence-electron chi connectivity index (χ0n) is 10.3. The maximum atomic E-state index is 13.6. The molecule has 2 aromatic rings. The summed E-state index contributed by atoms with van der Waals surface area (Å²) in [5.74, 6) is -0.911. The number of carboxylic acid groups (broad SMARTS) is 1. The van der Waals surface area contributed by atoms with Crippen molar-refractivity contribution in [3.8, 4) is 0 Å². The van der Waals surface area contributed by atoms with Crippen molar-refractivity contribution in [3.05, 3.63) is 47.8 Å². The highest BCUT2D eigenvalue weighted by atomic mass is 32.2. The predicted octanol–water partition coefficient (Wildman–Crippen LogP) is 3.03. The van der Waals surface area contributed by atoms with Gasteiger partial charge in [-0.15, -0.1) is 11.8 Å². The van der Waals surface area contributed by atoms with Crippen molar-refractivity contribution < 1.29 is 14.3 Å². The second kappa shape index (κ2) is 5.88. The zero-order chi connectivity index (χ0) is 13.8. The molecule has 0 aliphatic carbocycles. The zero-order valence-corrected chi connectivity index (χ0v) is 11.2. The normalized spacial score (nSPS) is 10.6. The largest absolute Gasteiger partial charge is 0.478 e. The molecule has 1 aromatic carbocycles. The van der Waals surface area contributed by atoms with Crippen molar-refractivity contribution >= 4 is 17.7 Å². The number of nitrogens with zero attached hydrogens (tertiary/aromatic N) is 2. The number of rotatable bonds is 5. The Morgan fingerprint density at radius 2 is 2.32 bits per heavy atom. The Morgan fingerprint density at radius 3 is 3.00 bits per heavy atom. The van der Waals surface area contributed by atoms with E-state index in [0.717, 1.165) is 12.2 Å². The van der Waals surface area contributed by atoms with Crippen LogP contribution in [0.2, 0.25) is 0 Å². The van der Waals surface area contributed by atoms with Crippen molar-refractivity contribution in [3.63, 3.8) is 0 Å². The van der Waals surface area contributed by atoms with Gasteiger partial charge in [-0.05, 0) is 25.1 Å². The molecule has 0 amide bonds. The van der Waals surface area contributed by atoms with Crippen molar-refractivity contribution in [2.24, 2.45) is 0 Å². The van der Waals surface area contributed by atoms with Gasteiger partial charge in [0.1, 0.15) is 5.82 Å². The molecule has 0 unspecified atom stereocenters. The molecular formula is C13H13FN2O2S. The lowest BCUT2D eigenvalue weighted by molar-refractivity contribution is 0.0696. The molecule has 0 spiro atoms. The van der Waals surface area contributed by atoms with E-state index in [-0.39, 0.29) is 5.56 Å². The van der Waals surface area contributed by atoms with Crippen LogP contribution in [0.15, 0.2) is 35.6 Å². The van der Waals surface area contributed by atoms with Gasteiger partial charge in [-0.25, -0.2) is 14.2 Å². The van der Waals surface area contributed by atoms with E-state index in [9.17, 15) is 9.18 Å². The van der Waals surface area contributed by atoms with E-state index in [4.69, 9.17) is 5.11 Å². The Balaban J connectivity index is 2.15. The molecule has 0 aliphatic rings. The molecule has 19 heavy (non-hydrogen) atoms. The van der Waals surface area contributed by atoms with E-state index in [0.29, 0.717) is 10.6 Å². The Hall–Kier alpha value is -1.82. The fourth-order valence-corrected chi connectivity index (χ4v) is 2.61. The van der Waals surface area contributed by atoms with E-state index < -0.39 is 11.8 Å². The number of thioether (sulfide) groups is 1. The number of hydrogen-bond acceptors (Lipinski definition) is 3. The van der Waals surface area contributed by atoms with Crippen molar-refractivity contribution in [1.82, 2.24) is 9.55 Å². The van der Waals surface area contributed by atoms with E-state index >= 15 is 0 Å². The molecule has 2 rings (SSSR count). The molecule has 6 heteroatoms. The smallest absolute Gasteiger partial charge is 0.335 e. The first-order chi connectivity index (χ1) is 9.11. The fourth-order valence-electron chi connectivity index (χ4n) is 1.65. The Labute approximate surface area is 114 Å². The number of carboxylic acids is 1.